The number of nitrogens with two attached hydrogens (primary N) is 1. The molecule has 3 N–H and O–H groups in total. The second kappa shape index (κ2) is 8.85. The van der Waals surface area contributed by atoms with Crippen LogP contribution in [0.1, 0.15) is 18.7 Å². The maximum absolute atomic E-state index is 14.0. The van der Waals surface area contributed by atoms with Gasteiger partial charge in [-0.05, 0) is 49.6 Å². The van der Waals surface area contributed by atoms with Crippen molar-refractivity contribution < 1.29 is 12.8 Å². The van der Waals surface area contributed by atoms with Crippen LogP contribution in [0.4, 0.5) is 4.39 Å². The van der Waals surface area contributed by atoms with E-state index in [1.165, 1.54) is 6.08 Å². The van der Waals surface area contributed by atoms with Crippen LogP contribution in [0.2, 0.25) is 0 Å². The molecule has 1 aliphatic carbocycles. The molecular formula is C21H24ClFN4O2S. The van der Waals surface area contributed by atoms with Crippen LogP contribution in [0.15, 0.2) is 59.3 Å². The molecule has 3 aromatic rings. The average Bonchev–Trinajstić information content (AvgIpc) is 3.44. The van der Waals surface area contributed by atoms with Gasteiger partial charge in [0.05, 0.1) is 22.5 Å². The lowest BCUT2D eigenvalue weighted by Gasteiger charge is -2.08. The average molecular weight is 451 g/mol. The number of benzene rings is 2. The highest BCUT2D eigenvalue weighted by atomic mass is 35.5. The first-order chi connectivity index (χ1) is 13.9. The van der Waals surface area contributed by atoms with E-state index in [1.807, 2.05) is 25.1 Å². The molecule has 0 radical (unpaired) electrons. The Labute approximate surface area is 181 Å². The number of hydrogen-bond acceptors (Lipinski definition) is 4. The number of aryl methyl sites for hydroxylation is 1. The molecule has 0 aliphatic heterocycles. The number of rotatable bonds is 7. The third-order valence-electron chi connectivity index (χ3n) is 4.99. The summed E-state index contributed by atoms with van der Waals surface area (Å²) < 4.78 is 43.2. The number of fused-ring (bicyclic) bond motifs is 1. The fraction of sp³-hybridized carbons (Fsp3) is 0.286. The predicted molar refractivity (Wildman–Crippen MR) is 119 cm³/mol. The van der Waals surface area contributed by atoms with Crippen molar-refractivity contribution in [3.8, 4) is 11.1 Å². The molecule has 0 amide bonds. The third-order valence-corrected chi connectivity index (χ3v) is 6.53. The van der Waals surface area contributed by atoms with E-state index in [9.17, 15) is 12.8 Å². The van der Waals surface area contributed by atoms with E-state index in [-0.39, 0.29) is 42.3 Å². The van der Waals surface area contributed by atoms with Crippen molar-refractivity contribution in [2.45, 2.75) is 37.2 Å². The quantitative estimate of drug-likeness (QED) is 0.574. The third kappa shape index (κ3) is 4.57. The van der Waals surface area contributed by atoms with E-state index in [2.05, 4.69) is 9.71 Å². The van der Waals surface area contributed by atoms with Crippen molar-refractivity contribution in [1.29, 1.82) is 0 Å². The van der Waals surface area contributed by atoms with Gasteiger partial charge >= 0.3 is 0 Å². The van der Waals surface area contributed by atoms with Crippen LogP contribution in [-0.2, 0) is 16.6 Å². The fourth-order valence-corrected chi connectivity index (χ4v) is 4.65. The van der Waals surface area contributed by atoms with Gasteiger partial charge in [0.15, 0.2) is 0 Å². The van der Waals surface area contributed by atoms with Gasteiger partial charge in [0.25, 0.3) is 0 Å². The van der Waals surface area contributed by atoms with Crippen molar-refractivity contribution in [2.75, 3.05) is 6.54 Å². The summed E-state index contributed by atoms with van der Waals surface area (Å²) in [5, 5.41) is 0. The lowest BCUT2D eigenvalue weighted by atomic mass is 10.0. The first-order valence-electron chi connectivity index (χ1n) is 9.52. The molecule has 0 atom stereocenters. The second-order valence-electron chi connectivity index (χ2n) is 7.23. The van der Waals surface area contributed by atoms with E-state index in [1.54, 1.807) is 28.8 Å². The number of imidazole rings is 1. The minimum Gasteiger partial charge on any atom is -0.327 e. The summed E-state index contributed by atoms with van der Waals surface area (Å²) in [6, 6.07) is 12.5. The topological polar surface area (TPSA) is 90.0 Å². The molecule has 0 unspecified atom stereocenters. The largest absolute Gasteiger partial charge is 0.327 e. The summed E-state index contributed by atoms with van der Waals surface area (Å²) in [4.78, 5) is 4.87. The van der Waals surface area contributed by atoms with Gasteiger partial charge < -0.3 is 10.3 Å². The van der Waals surface area contributed by atoms with E-state index in [4.69, 9.17) is 5.73 Å². The molecule has 1 aromatic heterocycles. The highest BCUT2D eigenvalue weighted by Crippen LogP contribution is 2.30. The summed E-state index contributed by atoms with van der Waals surface area (Å²) >= 11 is 0. The van der Waals surface area contributed by atoms with Crippen molar-refractivity contribution in [1.82, 2.24) is 14.3 Å². The molecule has 1 saturated carbocycles. The maximum atomic E-state index is 14.0. The Hall–Kier alpha value is -2.26. The van der Waals surface area contributed by atoms with Gasteiger partial charge in [-0.1, -0.05) is 24.3 Å². The van der Waals surface area contributed by atoms with Crippen LogP contribution in [0.25, 0.3) is 22.2 Å². The first kappa shape index (κ1) is 22.4. The normalized spacial score (nSPS) is 14.7. The Morgan fingerprint density at radius 2 is 1.97 bits per heavy atom. The molecule has 6 nitrogen and oxygen atoms in total. The minimum atomic E-state index is -3.49. The summed E-state index contributed by atoms with van der Waals surface area (Å²) in [5.41, 5.74) is 8.67. The number of halogens is 2. The highest BCUT2D eigenvalue weighted by molar-refractivity contribution is 7.89. The molecule has 1 heterocycles. The SMILES string of the molecule is Cc1nc2c(-c3ccc(S(=O)(=O)NC4CC4)cc3)cccc2n1C/C(F)=C/CN.Cl. The molecule has 30 heavy (non-hydrogen) atoms. The van der Waals surface area contributed by atoms with Crippen LogP contribution in [-0.4, -0.2) is 30.6 Å². The first-order valence-corrected chi connectivity index (χ1v) is 11.0. The highest BCUT2D eigenvalue weighted by Gasteiger charge is 2.27. The molecule has 1 aliphatic rings. The van der Waals surface area contributed by atoms with E-state index < -0.39 is 10.0 Å². The van der Waals surface area contributed by atoms with Crippen LogP contribution >= 0.6 is 12.4 Å². The van der Waals surface area contributed by atoms with Crippen LogP contribution < -0.4 is 10.5 Å². The van der Waals surface area contributed by atoms with Crippen LogP contribution in [0, 0.1) is 6.92 Å². The zero-order valence-electron chi connectivity index (χ0n) is 16.5. The summed E-state index contributed by atoms with van der Waals surface area (Å²) in [7, 11) is -3.49. The van der Waals surface area contributed by atoms with Crippen molar-refractivity contribution in [3.63, 3.8) is 0 Å². The summed E-state index contributed by atoms with van der Waals surface area (Å²) in [6.45, 7) is 2.05. The minimum absolute atomic E-state index is 0. The van der Waals surface area contributed by atoms with Gasteiger partial charge in [0, 0.05) is 18.2 Å². The van der Waals surface area contributed by atoms with Gasteiger partial charge in [-0.2, -0.15) is 0 Å². The van der Waals surface area contributed by atoms with Crippen molar-refractivity contribution in [2.24, 2.45) is 5.73 Å². The Morgan fingerprint density at radius 1 is 1.27 bits per heavy atom. The molecule has 4 rings (SSSR count). The molecule has 1 fully saturated rings. The zero-order valence-corrected chi connectivity index (χ0v) is 18.1. The monoisotopic (exact) mass is 450 g/mol. The van der Waals surface area contributed by atoms with Gasteiger partial charge in [0.1, 0.15) is 11.7 Å². The Kier molecular flexibility index (Phi) is 6.62. The molecular weight excluding hydrogens is 427 g/mol. The summed E-state index contributed by atoms with van der Waals surface area (Å²) in [5.74, 6) is 0.388. The van der Waals surface area contributed by atoms with Crippen molar-refractivity contribution in [3.05, 3.63) is 60.2 Å². The number of sulfonamides is 1. The molecule has 0 bridgehead atoms. The zero-order chi connectivity index (χ0) is 20.6. The number of nitrogens with zero attached hydrogens (tertiary/aromatic N) is 2. The Balaban J connectivity index is 0.00000256. The van der Waals surface area contributed by atoms with Gasteiger partial charge in [0.2, 0.25) is 10.0 Å². The Morgan fingerprint density at radius 3 is 2.60 bits per heavy atom. The molecule has 0 saturated heterocycles. The smallest absolute Gasteiger partial charge is 0.240 e. The van der Waals surface area contributed by atoms with Crippen molar-refractivity contribution >= 4 is 33.5 Å². The van der Waals surface area contributed by atoms with Gasteiger partial charge in [-0.3, -0.25) is 0 Å². The number of para-hydroxylation sites is 1. The second-order valence-corrected chi connectivity index (χ2v) is 8.94. The number of aromatic nitrogens is 2. The Bertz CT molecular complexity index is 1190. The van der Waals surface area contributed by atoms with Gasteiger partial charge in [-0.25, -0.2) is 22.5 Å². The van der Waals surface area contributed by atoms with E-state index in [0.29, 0.717) is 5.82 Å². The van der Waals surface area contributed by atoms with Crippen LogP contribution in [0.5, 0.6) is 0 Å². The lowest BCUT2D eigenvalue weighted by Crippen LogP contribution is -2.25. The molecule has 2 aromatic carbocycles. The maximum Gasteiger partial charge on any atom is 0.240 e. The van der Waals surface area contributed by atoms with E-state index in [0.717, 1.165) is 35.0 Å². The summed E-state index contributed by atoms with van der Waals surface area (Å²) in [6.07, 6.45) is 3.13. The van der Waals surface area contributed by atoms with Gasteiger partial charge in [-0.15, -0.1) is 12.4 Å². The standard InChI is InChI=1S/C21H23FN4O2S.ClH/c1-14-24-21-19(3-2-4-20(21)26(14)13-16(22)11-12-23)15-5-9-18(10-6-15)29(27,28)25-17-7-8-17;/h2-6,9-11,17,25H,7-8,12-13,23H2,1H3;1H/b16-11-;. The van der Waals surface area contributed by atoms with E-state index >= 15 is 0 Å². The molecule has 9 heteroatoms. The number of allylic oxidation sites excluding steroid dienone is 1. The number of hydrogen-bond donors (Lipinski definition) is 2. The number of nitrogens with one attached hydrogen (secondary N) is 1. The molecule has 160 valence electrons. The fourth-order valence-electron chi connectivity index (χ4n) is 3.34. The molecule has 0 spiro atoms. The lowest BCUT2D eigenvalue weighted by molar-refractivity contribution is 0.553. The van der Waals surface area contributed by atoms with Crippen LogP contribution in [0.3, 0.4) is 0 Å². The predicted octanol–water partition coefficient (Wildman–Crippen LogP) is 3.69.